The molecule has 2 rings (SSSR count). The Morgan fingerprint density at radius 1 is 0.913 bits per heavy atom. The van der Waals surface area contributed by atoms with Crippen molar-refractivity contribution in [2.45, 2.75) is 69.0 Å². The topological polar surface area (TPSA) is 138 Å². The van der Waals surface area contributed by atoms with Crippen molar-refractivity contribution in [3.8, 4) is 0 Å². The molecule has 9 nitrogen and oxygen atoms in total. The lowest BCUT2D eigenvalue weighted by molar-refractivity contribution is -0.320. The van der Waals surface area contributed by atoms with Crippen molar-refractivity contribution in [3.05, 3.63) is 0 Å². The number of hydrogen-bond acceptors (Lipinski definition) is 9. The Kier molecular flexibility index (Phi) is 7.14. The van der Waals surface area contributed by atoms with Crippen molar-refractivity contribution in [2.24, 2.45) is 0 Å². The number of aliphatic hydroxyl groups excluding tert-OH is 5. The third kappa shape index (κ3) is 4.59. The molecular weight excluding hydrogens is 312 g/mol. The van der Waals surface area contributed by atoms with E-state index in [-0.39, 0.29) is 19.4 Å². The molecule has 8 atom stereocenters. The van der Waals surface area contributed by atoms with Crippen molar-refractivity contribution in [2.75, 3.05) is 19.8 Å². The summed E-state index contributed by atoms with van der Waals surface area (Å²) in [5, 5.41) is 48.3. The van der Waals surface area contributed by atoms with Crippen molar-refractivity contribution in [1.29, 1.82) is 0 Å². The van der Waals surface area contributed by atoms with Gasteiger partial charge >= 0.3 is 0 Å². The van der Waals surface area contributed by atoms with Crippen LogP contribution < -0.4 is 0 Å². The molecule has 2 aliphatic heterocycles. The number of aliphatic hydroxyl groups is 5. The molecule has 5 N–H and O–H groups in total. The lowest BCUT2D eigenvalue weighted by Gasteiger charge is -2.42. The van der Waals surface area contributed by atoms with E-state index in [1.807, 2.05) is 0 Å². The first-order valence-corrected chi connectivity index (χ1v) is 7.84. The summed E-state index contributed by atoms with van der Waals surface area (Å²) in [6, 6.07) is 0. The maximum atomic E-state index is 10.2. The van der Waals surface area contributed by atoms with E-state index in [0.29, 0.717) is 6.61 Å². The van der Waals surface area contributed by atoms with E-state index >= 15 is 0 Å². The highest BCUT2D eigenvalue weighted by Gasteiger charge is 2.43. The summed E-state index contributed by atoms with van der Waals surface area (Å²) >= 11 is 0. The molecule has 2 aliphatic rings. The second kappa shape index (κ2) is 8.65. The zero-order chi connectivity index (χ0) is 17.0. The molecule has 0 radical (unpaired) electrons. The first-order valence-electron chi connectivity index (χ1n) is 7.84. The van der Waals surface area contributed by atoms with Crippen LogP contribution in [-0.4, -0.2) is 94.6 Å². The highest BCUT2D eigenvalue weighted by Crippen LogP contribution is 2.28. The first kappa shape index (κ1) is 19.0. The molecule has 2 heterocycles. The summed E-state index contributed by atoms with van der Waals surface area (Å²) in [5.41, 5.74) is 0. The molecule has 0 aliphatic carbocycles. The van der Waals surface area contributed by atoms with E-state index in [4.69, 9.17) is 24.1 Å². The predicted molar refractivity (Wildman–Crippen MR) is 75.2 cm³/mol. The Morgan fingerprint density at radius 2 is 1.52 bits per heavy atom. The Labute approximate surface area is 134 Å². The maximum absolute atomic E-state index is 10.2. The summed E-state index contributed by atoms with van der Waals surface area (Å²) in [6.45, 7) is 1.35. The zero-order valence-electron chi connectivity index (χ0n) is 13.0. The van der Waals surface area contributed by atoms with Gasteiger partial charge in [0.15, 0.2) is 12.6 Å². The zero-order valence-corrected chi connectivity index (χ0v) is 13.0. The van der Waals surface area contributed by atoms with Crippen molar-refractivity contribution in [1.82, 2.24) is 0 Å². The number of ether oxygens (including phenoxy) is 4. The largest absolute Gasteiger partial charge is 0.394 e. The fourth-order valence-corrected chi connectivity index (χ4v) is 2.85. The third-order valence-electron chi connectivity index (χ3n) is 4.06. The molecule has 0 aromatic rings. The summed E-state index contributed by atoms with van der Waals surface area (Å²) in [7, 11) is 0. The van der Waals surface area contributed by atoms with Crippen LogP contribution >= 0.6 is 0 Å². The van der Waals surface area contributed by atoms with Crippen LogP contribution in [0.4, 0.5) is 0 Å². The van der Waals surface area contributed by atoms with Crippen LogP contribution in [0.5, 0.6) is 0 Å². The van der Waals surface area contributed by atoms with Gasteiger partial charge in [0.2, 0.25) is 0 Å². The fourth-order valence-electron chi connectivity index (χ4n) is 2.85. The van der Waals surface area contributed by atoms with Crippen LogP contribution in [0.25, 0.3) is 0 Å². The minimum absolute atomic E-state index is 0.0199. The molecular formula is C14H26O9. The molecule has 0 aromatic heterocycles. The van der Waals surface area contributed by atoms with Crippen molar-refractivity contribution >= 4 is 0 Å². The number of rotatable bonds is 6. The average Bonchev–Trinajstić information content (AvgIpc) is 2.53. The SMILES string of the molecule is CCOC1C[C@@H](O)[C@H](O[C@@H]2CC(O)[C@H](O)[C@@H](CO)O2)C(CO)O1. The molecule has 2 fully saturated rings. The Balaban J connectivity index is 1.97. The molecule has 0 aromatic carbocycles. The van der Waals surface area contributed by atoms with E-state index in [1.165, 1.54) is 0 Å². The lowest BCUT2D eigenvalue weighted by atomic mass is 10.00. The lowest BCUT2D eigenvalue weighted by Crippen LogP contribution is -2.56. The van der Waals surface area contributed by atoms with E-state index in [2.05, 4.69) is 0 Å². The summed E-state index contributed by atoms with van der Waals surface area (Å²) < 4.78 is 21.8. The molecule has 2 saturated heterocycles. The van der Waals surface area contributed by atoms with Gasteiger partial charge < -0.3 is 44.5 Å². The molecule has 0 saturated carbocycles. The van der Waals surface area contributed by atoms with E-state index in [0.717, 1.165) is 0 Å². The summed E-state index contributed by atoms with van der Waals surface area (Å²) in [4.78, 5) is 0. The van der Waals surface area contributed by atoms with Crippen molar-refractivity contribution < 1.29 is 44.5 Å². The summed E-state index contributed by atoms with van der Waals surface area (Å²) in [5.74, 6) is 0. The van der Waals surface area contributed by atoms with Gasteiger partial charge in [0.05, 0.1) is 25.4 Å². The fraction of sp³-hybridized carbons (Fsp3) is 1.00. The Hall–Kier alpha value is -0.360. The number of hydrogen-bond donors (Lipinski definition) is 5. The molecule has 3 unspecified atom stereocenters. The average molecular weight is 338 g/mol. The van der Waals surface area contributed by atoms with Crippen LogP contribution in [0.15, 0.2) is 0 Å². The maximum Gasteiger partial charge on any atom is 0.161 e. The Morgan fingerprint density at radius 3 is 2.13 bits per heavy atom. The first-order chi connectivity index (χ1) is 11.0. The molecule has 136 valence electrons. The Bertz CT molecular complexity index is 355. The van der Waals surface area contributed by atoms with Gasteiger partial charge in [-0.3, -0.25) is 0 Å². The van der Waals surface area contributed by atoms with Gasteiger partial charge in [0.25, 0.3) is 0 Å². The van der Waals surface area contributed by atoms with Gasteiger partial charge in [-0.05, 0) is 6.92 Å². The molecule has 9 heteroatoms. The minimum atomic E-state index is -1.21. The highest BCUT2D eigenvalue weighted by molar-refractivity contribution is 4.87. The smallest absolute Gasteiger partial charge is 0.161 e. The summed E-state index contributed by atoms with van der Waals surface area (Å²) in [6.07, 6.45) is -7.33. The molecule has 0 bridgehead atoms. The van der Waals surface area contributed by atoms with Crippen LogP contribution in [0.1, 0.15) is 19.8 Å². The minimum Gasteiger partial charge on any atom is -0.394 e. The van der Waals surface area contributed by atoms with Crippen LogP contribution in [0.2, 0.25) is 0 Å². The molecule has 0 spiro atoms. The molecule has 0 amide bonds. The van der Waals surface area contributed by atoms with E-state index < -0.39 is 55.8 Å². The quantitative estimate of drug-likeness (QED) is 0.362. The van der Waals surface area contributed by atoms with Crippen LogP contribution in [0.3, 0.4) is 0 Å². The van der Waals surface area contributed by atoms with Gasteiger partial charge in [-0.1, -0.05) is 0 Å². The second-order valence-corrected chi connectivity index (χ2v) is 5.73. The van der Waals surface area contributed by atoms with E-state index in [1.54, 1.807) is 6.92 Å². The van der Waals surface area contributed by atoms with Gasteiger partial charge in [-0.2, -0.15) is 0 Å². The van der Waals surface area contributed by atoms with E-state index in [9.17, 15) is 20.4 Å². The predicted octanol–water partition coefficient (Wildman–Crippen LogP) is -2.29. The van der Waals surface area contributed by atoms with Gasteiger partial charge in [0, 0.05) is 19.4 Å². The highest BCUT2D eigenvalue weighted by atomic mass is 16.7. The molecule has 23 heavy (non-hydrogen) atoms. The van der Waals surface area contributed by atoms with Crippen molar-refractivity contribution in [3.63, 3.8) is 0 Å². The van der Waals surface area contributed by atoms with Gasteiger partial charge in [-0.25, -0.2) is 0 Å². The second-order valence-electron chi connectivity index (χ2n) is 5.73. The van der Waals surface area contributed by atoms with Gasteiger partial charge in [0.1, 0.15) is 24.4 Å². The monoisotopic (exact) mass is 338 g/mol. The van der Waals surface area contributed by atoms with Crippen LogP contribution in [0, 0.1) is 0 Å². The van der Waals surface area contributed by atoms with Gasteiger partial charge in [-0.15, -0.1) is 0 Å². The third-order valence-corrected chi connectivity index (χ3v) is 4.06. The van der Waals surface area contributed by atoms with Crippen LogP contribution in [-0.2, 0) is 18.9 Å². The standard InChI is InChI=1S/C14H26O9/c1-2-20-11-4-8(18)14(10(6-16)22-11)23-12-3-7(17)13(19)9(5-15)21-12/h7-19H,2-6H2,1H3/t7?,8-,9-,10?,11?,12-,13+,14+/m1/s1. The normalized spacial score (nSPS) is 45.1.